The monoisotopic (exact) mass is 940 g/mol. The van der Waals surface area contributed by atoms with Crippen LogP contribution in [0.3, 0.4) is 0 Å². The quantitative estimate of drug-likeness (QED) is 0.121. The lowest BCUT2D eigenvalue weighted by molar-refractivity contribution is -0.166. The first kappa shape index (κ1) is 46.5. The van der Waals surface area contributed by atoms with Gasteiger partial charge in [-0.1, -0.05) is 61.9 Å². The van der Waals surface area contributed by atoms with Gasteiger partial charge in [-0.25, -0.2) is 0 Å². The molecule has 362 valence electrons. The Balaban J connectivity index is 0.723. The molecule has 17 nitrogen and oxygen atoms in total. The third-order valence-corrected chi connectivity index (χ3v) is 17.8. The van der Waals surface area contributed by atoms with Gasteiger partial charge in [0.25, 0.3) is 0 Å². The van der Waals surface area contributed by atoms with Crippen molar-refractivity contribution in [2.24, 2.45) is 45.3 Å². The number of hydrogen-bond donors (Lipinski definition) is 6. The summed E-state index contributed by atoms with van der Waals surface area (Å²) in [6.07, 6.45) is 11.7. The highest BCUT2D eigenvalue weighted by atomic mass is 16.4. The molecule has 7 fully saturated rings. The summed E-state index contributed by atoms with van der Waals surface area (Å²) in [5, 5.41) is 55.5. The first-order valence-corrected chi connectivity index (χ1v) is 24.3. The summed E-state index contributed by atoms with van der Waals surface area (Å²) in [4.78, 5) is 79.5. The molecule has 17 heteroatoms. The molecule has 69 heavy (non-hydrogen) atoms. The first-order chi connectivity index (χ1) is 33.0. The minimum absolute atomic E-state index is 0.00153. The number of carboxylic acids is 1. The van der Waals surface area contributed by atoms with Gasteiger partial charge in [-0.3, -0.25) is 28.8 Å². The zero-order valence-electron chi connectivity index (χ0n) is 39.0. The number of ketones is 2. The summed E-state index contributed by atoms with van der Waals surface area (Å²) in [5.74, 6) is -1.94. The zero-order chi connectivity index (χ0) is 48.5. The molecular formula is C52H60N8O9. The van der Waals surface area contributed by atoms with Crippen LogP contribution in [0.25, 0.3) is 11.4 Å². The van der Waals surface area contributed by atoms with E-state index in [1.165, 1.54) is 6.33 Å². The Labute approximate surface area is 400 Å². The van der Waals surface area contributed by atoms with Crippen LogP contribution in [-0.2, 0) is 41.6 Å². The molecule has 2 heterocycles. The Bertz CT molecular complexity index is 2620. The molecule has 6 saturated carbocycles. The van der Waals surface area contributed by atoms with E-state index in [-0.39, 0.29) is 66.5 Å². The minimum Gasteiger partial charge on any atom is -0.481 e. The van der Waals surface area contributed by atoms with Gasteiger partial charge < -0.3 is 36.2 Å². The lowest BCUT2D eigenvalue weighted by Gasteiger charge is -2.71. The minimum atomic E-state index is -1.10. The number of fused-ring (bicyclic) bond motifs is 7. The second-order valence-electron chi connectivity index (χ2n) is 21.8. The van der Waals surface area contributed by atoms with Crippen LogP contribution in [0.5, 0.6) is 0 Å². The standard InChI is InChI=1S/C52H60N8O9/c1-48-16-15-36(62)18-33(48)9-12-37-38-19-34-23-60(28-52(34,41(64)24-61)49(38,2)21-40(63)45(37)48)35-10-5-31(6-11-35)20-50-25-51(26-50,27-50)57-47(69)39(13-14-44(67)68)56-43(66)22-53-42(65)17-30-3-7-32(8-4-30)46-58-54-29-55-59-46/h3-8,10-11,15-16,18,29,34,37-40,45,61,63H,9,12-14,17,19-28H2,1-2H3,(H,53,65)(H,56,66)(H,57,69)(H,67,68)/t34-,37-,38-,39-,40-,45?,48-,49-,50?,51?,52+/m0/s1. The Hall–Kier alpha value is -6.20. The van der Waals surface area contributed by atoms with Gasteiger partial charge in [-0.2, -0.15) is 0 Å². The van der Waals surface area contributed by atoms with Crippen molar-refractivity contribution in [3.05, 3.63) is 89.8 Å². The zero-order valence-corrected chi connectivity index (χ0v) is 39.0. The van der Waals surface area contributed by atoms with Crippen LogP contribution in [0.15, 0.2) is 78.7 Å². The number of amides is 3. The largest absolute Gasteiger partial charge is 0.481 e. The number of Topliss-reactive ketones (excluding diaryl/α,β-unsaturated/α-hetero) is 1. The highest BCUT2D eigenvalue weighted by molar-refractivity contribution is 6.01. The second-order valence-corrected chi connectivity index (χ2v) is 21.8. The molecular weight excluding hydrogens is 881 g/mol. The number of hydrogen-bond acceptors (Lipinski definition) is 13. The van der Waals surface area contributed by atoms with Crippen molar-refractivity contribution in [3.8, 4) is 11.4 Å². The number of allylic oxidation sites excluding steroid dienone is 4. The molecule has 3 aromatic rings. The molecule has 0 spiro atoms. The van der Waals surface area contributed by atoms with E-state index in [1.54, 1.807) is 36.4 Å². The van der Waals surface area contributed by atoms with E-state index < -0.39 is 64.2 Å². The number of aliphatic hydroxyl groups excluding tert-OH is 2. The van der Waals surface area contributed by atoms with E-state index >= 15 is 0 Å². The molecule has 1 unspecified atom stereocenters. The maximum atomic E-state index is 14.2. The maximum Gasteiger partial charge on any atom is 0.303 e. The van der Waals surface area contributed by atoms with Crippen LogP contribution in [0.2, 0.25) is 0 Å². The molecule has 1 saturated heterocycles. The number of aliphatic carboxylic acids is 1. The molecule has 6 N–H and O–H groups in total. The first-order valence-electron chi connectivity index (χ1n) is 24.3. The second kappa shape index (κ2) is 17.3. The molecule has 2 aromatic carbocycles. The topological polar surface area (TPSA) is 254 Å². The van der Waals surface area contributed by atoms with E-state index in [0.717, 1.165) is 61.8 Å². The van der Waals surface area contributed by atoms with Crippen molar-refractivity contribution in [3.63, 3.8) is 0 Å². The number of aliphatic hydroxyl groups is 2. The van der Waals surface area contributed by atoms with Crippen molar-refractivity contribution in [2.75, 3.05) is 31.1 Å². The third kappa shape index (κ3) is 8.04. The number of anilines is 1. The van der Waals surface area contributed by atoms with Crippen molar-refractivity contribution < 1.29 is 44.1 Å². The molecule has 3 amide bonds. The normalized spacial score (nSPS) is 33.8. The van der Waals surface area contributed by atoms with Crippen molar-refractivity contribution in [1.29, 1.82) is 0 Å². The van der Waals surface area contributed by atoms with Crippen LogP contribution >= 0.6 is 0 Å². The smallest absolute Gasteiger partial charge is 0.303 e. The molecule has 9 atom stereocenters. The van der Waals surface area contributed by atoms with Gasteiger partial charge in [-0.05, 0) is 122 Å². The molecule has 1 aliphatic heterocycles. The van der Waals surface area contributed by atoms with Gasteiger partial charge >= 0.3 is 5.97 Å². The number of carbonyl (C=O) groups excluding carboxylic acids is 5. The van der Waals surface area contributed by atoms with Gasteiger partial charge in [0.05, 0.1) is 24.5 Å². The fourth-order valence-corrected chi connectivity index (χ4v) is 15.0. The number of rotatable bonds is 16. The summed E-state index contributed by atoms with van der Waals surface area (Å²) in [7, 11) is 0. The number of carbonyl (C=O) groups is 6. The van der Waals surface area contributed by atoms with E-state index in [0.29, 0.717) is 36.5 Å². The number of carboxylic acid groups (broad SMARTS) is 1. The number of benzene rings is 2. The van der Waals surface area contributed by atoms with E-state index in [1.807, 2.05) is 6.08 Å². The Morgan fingerprint density at radius 3 is 2.35 bits per heavy atom. The lowest BCUT2D eigenvalue weighted by atomic mass is 9.38. The SMILES string of the molecule is C[C@]12C=CC(=O)C=C1CC[C@@H]1C2[C@@H](O)C[C@@]2(C)[C@H]1C[C@H]1CN(c3ccc(CC45CC(NC(=O)[C@H](CCC(=O)O)NC(=O)CNC(=O)Cc6ccc(-c7nncnn7)cc6)(C4)C5)cc3)C[C@]12C(=O)CO. The fraction of sp³-hybridized carbons (Fsp3) is 0.538. The average molecular weight is 941 g/mol. The van der Waals surface area contributed by atoms with Gasteiger partial charge in [0, 0.05) is 47.6 Å². The highest BCUT2D eigenvalue weighted by Crippen LogP contribution is 2.73. The number of aromatic nitrogens is 4. The molecule has 8 aliphatic rings. The van der Waals surface area contributed by atoms with Crippen molar-refractivity contribution in [1.82, 2.24) is 36.3 Å². The van der Waals surface area contributed by atoms with Gasteiger partial charge in [0.1, 0.15) is 12.6 Å². The van der Waals surface area contributed by atoms with Crippen LogP contribution in [-0.4, -0.2) is 115 Å². The number of nitrogens with zero attached hydrogens (tertiary/aromatic N) is 5. The molecule has 11 rings (SSSR count). The Morgan fingerprint density at radius 1 is 0.942 bits per heavy atom. The Kier molecular flexibility index (Phi) is 11.7. The predicted molar refractivity (Wildman–Crippen MR) is 249 cm³/mol. The summed E-state index contributed by atoms with van der Waals surface area (Å²) in [5.41, 5.74) is 2.55. The average Bonchev–Trinajstić information content (AvgIpc) is 3.81. The number of nitrogens with one attached hydrogen (secondary N) is 3. The van der Waals surface area contributed by atoms with E-state index in [9.17, 15) is 44.1 Å². The van der Waals surface area contributed by atoms with Crippen LogP contribution in [0.1, 0.15) is 82.8 Å². The van der Waals surface area contributed by atoms with Gasteiger partial charge in [-0.15, -0.1) is 20.4 Å². The van der Waals surface area contributed by atoms with Crippen molar-refractivity contribution >= 4 is 40.9 Å². The van der Waals surface area contributed by atoms with Crippen LogP contribution in [0, 0.1) is 45.3 Å². The molecule has 0 radical (unpaired) electrons. The Morgan fingerprint density at radius 2 is 1.65 bits per heavy atom. The van der Waals surface area contributed by atoms with Crippen molar-refractivity contribution in [2.45, 2.75) is 102 Å². The molecule has 7 aliphatic carbocycles. The molecule has 2 bridgehead atoms. The summed E-state index contributed by atoms with van der Waals surface area (Å²) >= 11 is 0. The van der Waals surface area contributed by atoms with E-state index in [2.05, 4.69) is 79.4 Å². The summed E-state index contributed by atoms with van der Waals surface area (Å²) in [6.45, 7) is 4.61. The predicted octanol–water partition coefficient (Wildman–Crippen LogP) is 3.10. The third-order valence-electron chi connectivity index (χ3n) is 17.8. The fourth-order valence-electron chi connectivity index (χ4n) is 15.0. The summed E-state index contributed by atoms with van der Waals surface area (Å²) in [6, 6.07) is 14.3. The van der Waals surface area contributed by atoms with Crippen LogP contribution in [0.4, 0.5) is 5.69 Å². The van der Waals surface area contributed by atoms with Gasteiger partial charge in [0.2, 0.25) is 23.5 Å². The lowest BCUT2D eigenvalue weighted by Crippen LogP contribution is -2.76. The van der Waals surface area contributed by atoms with Gasteiger partial charge in [0.15, 0.2) is 17.9 Å². The molecule has 1 aromatic heterocycles. The highest BCUT2D eigenvalue weighted by Gasteiger charge is 2.73. The van der Waals surface area contributed by atoms with E-state index in [4.69, 9.17) is 0 Å². The summed E-state index contributed by atoms with van der Waals surface area (Å²) < 4.78 is 0. The maximum absolute atomic E-state index is 14.2. The van der Waals surface area contributed by atoms with Crippen LogP contribution < -0.4 is 20.9 Å².